The van der Waals surface area contributed by atoms with Gasteiger partial charge in [-0.05, 0) is 38.4 Å². The Morgan fingerprint density at radius 1 is 1.57 bits per heavy atom. The summed E-state index contributed by atoms with van der Waals surface area (Å²) in [5.74, 6) is 0.0161. The molecule has 1 heterocycles. The number of nitro benzene ring substituents is 1. The maximum atomic E-state index is 12.6. The number of carbonyl (C=O) groups is 1. The highest BCUT2D eigenvalue weighted by Crippen LogP contribution is 2.29. The quantitative estimate of drug-likeness (QED) is 0.684. The van der Waals surface area contributed by atoms with E-state index in [0.29, 0.717) is 19.0 Å². The predicted octanol–water partition coefficient (Wildman–Crippen LogP) is 2.32. The maximum absolute atomic E-state index is 12.6. The van der Waals surface area contributed by atoms with E-state index in [-0.39, 0.29) is 22.2 Å². The van der Waals surface area contributed by atoms with Crippen LogP contribution in [0.3, 0.4) is 0 Å². The fourth-order valence-electron chi connectivity index (χ4n) is 2.74. The minimum Gasteiger partial charge on any atom is -0.338 e. The Morgan fingerprint density at radius 3 is 3.00 bits per heavy atom. The van der Waals surface area contributed by atoms with Crippen LogP contribution < -0.4 is 5.32 Å². The van der Waals surface area contributed by atoms with Crippen molar-refractivity contribution in [1.29, 1.82) is 0 Å². The highest BCUT2D eigenvalue weighted by molar-refractivity contribution is 6.34. The number of nitrogens with one attached hydrogen (secondary N) is 1. The van der Waals surface area contributed by atoms with Gasteiger partial charge in [0.05, 0.1) is 9.95 Å². The Kier molecular flexibility index (Phi) is 5.14. The van der Waals surface area contributed by atoms with E-state index in [1.54, 1.807) is 4.90 Å². The first-order chi connectivity index (χ1) is 10.0. The standard InChI is InChI=1S/C14H18ClN3O3/c1-16-8-10-4-3-7-17(9-10)14(19)13-11(15)5-2-6-12(13)18(20)21/h2,5-6,10,16H,3-4,7-9H2,1H3. The molecule has 1 aliphatic heterocycles. The van der Waals surface area contributed by atoms with E-state index >= 15 is 0 Å². The molecule has 1 aromatic carbocycles. The molecule has 1 aliphatic rings. The number of rotatable bonds is 4. The van der Waals surface area contributed by atoms with Crippen molar-refractivity contribution in [3.05, 3.63) is 38.9 Å². The van der Waals surface area contributed by atoms with Crippen molar-refractivity contribution >= 4 is 23.2 Å². The highest BCUT2D eigenvalue weighted by Gasteiger charge is 2.30. The lowest BCUT2D eigenvalue weighted by Crippen LogP contribution is -2.42. The lowest BCUT2D eigenvalue weighted by Gasteiger charge is -2.32. The third kappa shape index (κ3) is 3.51. The molecular formula is C14H18ClN3O3. The molecule has 6 nitrogen and oxygen atoms in total. The zero-order valence-corrected chi connectivity index (χ0v) is 12.6. The van der Waals surface area contributed by atoms with Crippen LogP contribution >= 0.6 is 11.6 Å². The van der Waals surface area contributed by atoms with E-state index in [0.717, 1.165) is 19.4 Å². The minimum atomic E-state index is -0.561. The molecular weight excluding hydrogens is 294 g/mol. The molecule has 1 aromatic rings. The Balaban J connectivity index is 2.25. The number of nitrogens with zero attached hydrogens (tertiary/aromatic N) is 2. The van der Waals surface area contributed by atoms with Crippen molar-refractivity contribution in [2.75, 3.05) is 26.7 Å². The third-order valence-electron chi connectivity index (χ3n) is 3.70. The monoisotopic (exact) mass is 311 g/mol. The second-order valence-electron chi connectivity index (χ2n) is 5.21. The Labute approximate surface area is 128 Å². The van der Waals surface area contributed by atoms with Gasteiger partial charge in [-0.1, -0.05) is 17.7 Å². The Bertz CT molecular complexity index is 548. The average Bonchev–Trinajstić information content (AvgIpc) is 2.47. The summed E-state index contributed by atoms with van der Waals surface area (Å²) < 4.78 is 0. The van der Waals surface area contributed by atoms with Crippen LogP contribution in [0.1, 0.15) is 23.2 Å². The summed E-state index contributed by atoms with van der Waals surface area (Å²) in [6.07, 6.45) is 1.95. The number of halogens is 1. The van der Waals surface area contributed by atoms with E-state index in [4.69, 9.17) is 11.6 Å². The third-order valence-corrected chi connectivity index (χ3v) is 4.02. The topological polar surface area (TPSA) is 75.5 Å². The zero-order chi connectivity index (χ0) is 15.4. The smallest absolute Gasteiger partial charge is 0.283 e. The number of likely N-dealkylation sites (tertiary alicyclic amines) is 1. The summed E-state index contributed by atoms with van der Waals surface area (Å²) in [5.41, 5.74) is -0.238. The fraction of sp³-hybridized carbons (Fsp3) is 0.500. The molecule has 114 valence electrons. The molecule has 21 heavy (non-hydrogen) atoms. The van der Waals surface area contributed by atoms with Crippen LogP contribution in [-0.2, 0) is 0 Å². The Hall–Kier alpha value is -1.66. The largest absolute Gasteiger partial charge is 0.338 e. The minimum absolute atomic E-state index is 0.00530. The maximum Gasteiger partial charge on any atom is 0.283 e. The second-order valence-corrected chi connectivity index (χ2v) is 5.62. The first-order valence-electron chi connectivity index (χ1n) is 6.91. The van der Waals surface area contributed by atoms with E-state index in [1.807, 2.05) is 7.05 Å². The van der Waals surface area contributed by atoms with Gasteiger partial charge in [0.2, 0.25) is 0 Å². The summed E-state index contributed by atoms with van der Waals surface area (Å²) in [5, 5.41) is 14.3. The number of piperidine rings is 1. The van der Waals surface area contributed by atoms with Crippen molar-refractivity contribution in [3.8, 4) is 0 Å². The van der Waals surface area contributed by atoms with Crippen LogP contribution in [-0.4, -0.2) is 42.4 Å². The normalized spacial score (nSPS) is 18.6. The first kappa shape index (κ1) is 15.7. The van der Waals surface area contributed by atoms with Crippen LogP contribution in [0.5, 0.6) is 0 Å². The van der Waals surface area contributed by atoms with Crippen molar-refractivity contribution in [1.82, 2.24) is 10.2 Å². The molecule has 1 saturated heterocycles. The summed E-state index contributed by atoms with van der Waals surface area (Å²) in [7, 11) is 1.87. The van der Waals surface area contributed by atoms with Crippen molar-refractivity contribution in [2.45, 2.75) is 12.8 Å². The van der Waals surface area contributed by atoms with Gasteiger partial charge in [0.25, 0.3) is 11.6 Å². The van der Waals surface area contributed by atoms with Crippen LogP contribution in [0.25, 0.3) is 0 Å². The van der Waals surface area contributed by atoms with Crippen molar-refractivity contribution < 1.29 is 9.72 Å². The lowest BCUT2D eigenvalue weighted by atomic mass is 9.97. The van der Waals surface area contributed by atoms with Gasteiger partial charge in [-0.15, -0.1) is 0 Å². The number of hydrogen-bond acceptors (Lipinski definition) is 4. The van der Waals surface area contributed by atoms with Gasteiger partial charge in [-0.3, -0.25) is 14.9 Å². The van der Waals surface area contributed by atoms with E-state index in [2.05, 4.69) is 5.32 Å². The number of benzene rings is 1. The molecule has 7 heteroatoms. The molecule has 1 atom stereocenters. The number of amides is 1. The second kappa shape index (κ2) is 6.87. The molecule has 0 bridgehead atoms. The fourth-order valence-corrected chi connectivity index (χ4v) is 2.99. The molecule has 1 unspecified atom stereocenters. The van der Waals surface area contributed by atoms with Crippen LogP contribution in [0.4, 0.5) is 5.69 Å². The van der Waals surface area contributed by atoms with Crippen LogP contribution in [0.15, 0.2) is 18.2 Å². The van der Waals surface area contributed by atoms with Gasteiger partial charge in [-0.25, -0.2) is 0 Å². The molecule has 1 amide bonds. The molecule has 0 radical (unpaired) electrons. The van der Waals surface area contributed by atoms with E-state index in [1.165, 1.54) is 18.2 Å². The van der Waals surface area contributed by atoms with Gasteiger partial charge in [0, 0.05) is 19.2 Å². The number of nitro groups is 1. The first-order valence-corrected chi connectivity index (χ1v) is 7.29. The predicted molar refractivity (Wildman–Crippen MR) is 80.7 cm³/mol. The SMILES string of the molecule is CNCC1CCCN(C(=O)c2c(Cl)cccc2[N+](=O)[O-])C1. The molecule has 0 aliphatic carbocycles. The van der Waals surface area contributed by atoms with E-state index < -0.39 is 4.92 Å². The number of carbonyl (C=O) groups excluding carboxylic acids is 1. The summed E-state index contributed by atoms with van der Waals surface area (Å²) >= 11 is 6.02. The zero-order valence-electron chi connectivity index (χ0n) is 11.8. The summed E-state index contributed by atoms with van der Waals surface area (Å²) in [6.45, 7) is 2.04. The molecule has 0 aromatic heterocycles. The molecule has 1 fully saturated rings. The summed E-state index contributed by atoms with van der Waals surface area (Å²) in [4.78, 5) is 24.8. The average molecular weight is 312 g/mol. The lowest BCUT2D eigenvalue weighted by molar-refractivity contribution is -0.385. The van der Waals surface area contributed by atoms with Crippen LogP contribution in [0, 0.1) is 16.0 Å². The van der Waals surface area contributed by atoms with Crippen molar-refractivity contribution in [3.63, 3.8) is 0 Å². The Morgan fingerprint density at radius 2 is 2.33 bits per heavy atom. The van der Waals surface area contributed by atoms with Gasteiger partial charge in [0.1, 0.15) is 5.56 Å². The molecule has 0 saturated carbocycles. The van der Waals surface area contributed by atoms with E-state index in [9.17, 15) is 14.9 Å². The summed E-state index contributed by atoms with van der Waals surface area (Å²) in [6, 6.07) is 4.31. The molecule has 0 spiro atoms. The van der Waals surface area contributed by atoms with Crippen LogP contribution in [0.2, 0.25) is 5.02 Å². The molecule has 1 N–H and O–H groups in total. The molecule has 2 rings (SSSR count). The highest BCUT2D eigenvalue weighted by atomic mass is 35.5. The van der Waals surface area contributed by atoms with Gasteiger partial charge >= 0.3 is 0 Å². The van der Waals surface area contributed by atoms with Gasteiger partial charge < -0.3 is 10.2 Å². The number of hydrogen-bond donors (Lipinski definition) is 1. The van der Waals surface area contributed by atoms with Crippen molar-refractivity contribution in [2.24, 2.45) is 5.92 Å². The van der Waals surface area contributed by atoms with Gasteiger partial charge in [0.15, 0.2) is 0 Å². The van der Waals surface area contributed by atoms with Gasteiger partial charge in [-0.2, -0.15) is 0 Å².